The Labute approximate surface area is 117 Å². The molecule has 0 aliphatic heterocycles. The first-order valence-electron chi connectivity index (χ1n) is 6.70. The molecule has 106 valence electrons. The third-order valence-corrected chi connectivity index (χ3v) is 2.89. The van der Waals surface area contributed by atoms with Crippen molar-refractivity contribution in [2.45, 2.75) is 19.8 Å². The molecule has 0 aromatic heterocycles. The van der Waals surface area contributed by atoms with Crippen molar-refractivity contribution in [2.24, 2.45) is 0 Å². The predicted octanol–water partition coefficient (Wildman–Crippen LogP) is 3.27. The standard InChI is InChI=1S/C16H18O4/c1-2-19-16(18)4-3-9-20-15-8-6-12-5-7-14(17)10-13(12)11-15/h5-8,10-11,17H,2-4,9H2,1H3. The minimum atomic E-state index is -0.195. The van der Waals surface area contributed by atoms with Gasteiger partial charge < -0.3 is 14.6 Å². The number of esters is 1. The van der Waals surface area contributed by atoms with Crippen LogP contribution >= 0.6 is 0 Å². The van der Waals surface area contributed by atoms with E-state index in [1.165, 1.54) is 0 Å². The van der Waals surface area contributed by atoms with Crippen LogP contribution in [0.3, 0.4) is 0 Å². The van der Waals surface area contributed by atoms with Crippen molar-refractivity contribution in [3.63, 3.8) is 0 Å². The number of hydrogen-bond donors (Lipinski definition) is 1. The van der Waals surface area contributed by atoms with Crippen molar-refractivity contribution in [3.8, 4) is 11.5 Å². The van der Waals surface area contributed by atoms with Gasteiger partial charge in [-0.1, -0.05) is 12.1 Å². The number of rotatable bonds is 6. The monoisotopic (exact) mass is 274 g/mol. The third kappa shape index (κ3) is 3.88. The summed E-state index contributed by atoms with van der Waals surface area (Å²) in [5.74, 6) is 0.767. The summed E-state index contributed by atoms with van der Waals surface area (Å²) in [6, 6.07) is 10.9. The van der Waals surface area contributed by atoms with Crippen LogP contribution < -0.4 is 4.74 Å². The number of phenolic OH excluding ortho intramolecular Hbond substituents is 1. The fraction of sp³-hybridized carbons (Fsp3) is 0.312. The molecule has 1 N–H and O–H groups in total. The van der Waals surface area contributed by atoms with E-state index >= 15 is 0 Å². The maximum Gasteiger partial charge on any atom is 0.305 e. The van der Waals surface area contributed by atoms with Gasteiger partial charge in [-0.25, -0.2) is 0 Å². The molecule has 0 aliphatic rings. The number of aromatic hydroxyl groups is 1. The summed E-state index contributed by atoms with van der Waals surface area (Å²) >= 11 is 0. The molecular formula is C16H18O4. The van der Waals surface area contributed by atoms with Gasteiger partial charge in [0.2, 0.25) is 0 Å². The van der Waals surface area contributed by atoms with Crippen LogP contribution in [0.5, 0.6) is 11.5 Å². The molecule has 0 saturated heterocycles. The lowest BCUT2D eigenvalue weighted by Crippen LogP contribution is -2.06. The minimum absolute atomic E-state index is 0.195. The first-order valence-corrected chi connectivity index (χ1v) is 6.70. The molecule has 0 fully saturated rings. The van der Waals surface area contributed by atoms with E-state index in [1.807, 2.05) is 24.3 Å². The minimum Gasteiger partial charge on any atom is -0.508 e. The zero-order valence-corrected chi connectivity index (χ0v) is 11.5. The molecule has 2 aromatic carbocycles. The maximum absolute atomic E-state index is 11.2. The lowest BCUT2D eigenvalue weighted by Gasteiger charge is -2.07. The van der Waals surface area contributed by atoms with E-state index in [9.17, 15) is 9.90 Å². The highest BCUT2D eigenvalue weighted by atomic mass is 16.5. The maximum atomic E-state index is 11.2. The number of ether oxygens (including phenoxy) is 2. The van der Waals surface area contributed by atoms with Gasteiger partial charge in [0.05, 0.1) is 13.2 Å². The second-order valence-electron chi connectivity index (χ2n) is 4.45. The Hall–Kier alpha value is -2.23. The molecule has 0 aliphatic carbocycles. The largest absolute Gasteiger partial charge is 0.508 e. The van der Waals surface area contributed by atoms with Gasteiger partial charge in [0.25, 0.3) is 0 Å². The first kappa shape index (κ1) is 14.2. The van der Waals surface area contributed by atoms with Crippen LogP contribution in [-0.2, 0) is 9.53 Å². The summed E-state index contributed by atoms with van der Waals surface area (Å²) < 4.78 is 10.4. The first-order chi connectivity index (χ1) is 9.69. The highest BCUT2D eigenvalue weighted by Gasteiger charge is 2.02. The van der Waals surface area contributed by atoms with E-state index in [0.717, 1.165) is 16.5 Å². The number of phenols is 1. The van der Waals surface area contributed by atoms with Crippen molar-refractivity contribution in [1.82, 2.24) is 0 Å². The second-order valence-corrected chi connectivity index (χ2v) is 4.45. The Balaban J connectivity index is 1.88. The fourth-order valence-corrected chi connectivity index (χ4v) is 1.94. The SMILES string of the molecule is CCOC(=O)CCCOc1ccc2ccc(O)cc2c1. The summed E-state index contributed by atoms with van der Waals surface area (Å²) in [6.45, 7) is 2.66. The Bertz CT molecular complexity index is 592. The zero-order chi connectivity index (χ0) is 14.4. The summed E-state index contributed by atoms with van der Waals surface area (Å²) in [7, 11) is 0. The summed E-state index contributed by atoms with van der Waals surface area (Å²) in [5.41, 5.74) is 0. The molecule has 0 saturated carbocycles. The van der Waals surface area contributed by atoms with E-state index < -0.39 is 0 Å². The molecule has 0 heterocycles. The fourth-order valence-electron chi connectivity index (χ4n) is 1.94. The zero-order valence-electron chi connectivity index (χ0n) is 11.5. The molecule has 0 amide bonds. The molecule has 20 heavy (non-hydrogen) atoms. The van der Waals surface area contributed by atoms with Gasteiger partial charge in [0.1, 0.15) is 11.5 Å². The Morgan fingerprint density at radius 2 is 1.95 bits per heavy atom. The summed E-state index contributed by atoms with van der Waals surface area (Å²) in [5, 5.41) is 11.4. The van der Waals surface area contributed by atoms with Gasteiger partial charge in [-0.2, -0.15) is 0 Å². The van der Waals surface area contributed by atoms with Crippen molar-refractivity contribution in [3.05, 3.63) is 36.4 Å². The van der Waals surface area contributed by atoms with Gasteiger partial charge in [-0.15, -0.1) is 0 Å². The Morgan fingerprint density at radius 3 is 2.75 bits per heavy atom. The van der Waals surface area contributed by atoms with Crippen molar-refractivity contribution < 1.29 is 19.4 Å². The molecule has 4 nitrogen and oxygen atoms in total. The molecule has 4 heteroatoms. The van der Waals surface area contributed by atoms with Gasteiger partial charge in [-0.05, 0) is 48.4 Å². The van der Waals surface area contributed by atoms with E-state index in [4.69, 9.17) is 9.47 Å². The number of carbonyl (C=O) groups excluding carboxylic acids is 1. The molecular weight excluding hydrogens is 256 g/mol. The molecule has 2 aromatic rings. The van der Waals surface area contributed by atoms with Crippen LogP contribution in [0.25, 0.3) is 10.8 Å². The summed E-state index contributed by atoms with van der Waals surface area (Å²) in [4.78, 5) is 11.2. The number of carbonyl (C=O) groups is 1. The van der Waals surface area contributed by atoms with Crippen LogP contribution in [-0.4, -0.2) is 24.3 Å². The highest BCUT2D eigenvalue weighted by molar-refractivity contribution is 5.85. The van der Waals surface area contributed by atoms with Crippen LogP contribution in [0.15, 0.2) is 36.4 Å². The average molecular weight is 274 g/mol. The number of fused-ring (bicyclic) bond motifs is 1. The van der Waals surface area contributed by atoms with E-state index in [-0.39, 0.29) is 11.7 Å². The van der Waals surface area contributed by atoms with Crippen molar-refractivity contribution in [1.29, 1.82) is 0 Å². The van der Waals surface area contributed by atoms with E-state index in [1.54, 1.807) is 19.1 Å². The predicted molar refractivity (Wildman–Crippen MR) is 77.0 cm³/mol. The molecule has 0 bridgehead atoms. The molecule has 0 spiro atoms. The third-order valence-electron chi connectivity index (χ3n) is 2.89. The lowest BCUT2D eigenvalue weighted by molar-refractivity contribution is -0.143. The highest BCUT2D eigenvalue weighted by Crippen LogP contribution is 2.24. The topological polar surface area (TPSA) is 55.8 Å². The Morgan fingerprint density at radius 1 is 1.15 bits per heavy atom. The average Bonchev–Trinajstić information content (AvgIpc) is 2.43. The molecule has 0 radical (unpaired) electrons. The smallest absolute Gasteiger partial charge is 0.305 e. The number of benzene rings is 2. The Kier molecular flexibility index (Phi) is 4.82. The van der Waals surface area contributed by atoms with Crippen LogP contribution in [0.4, 0.5) is 0 Å². The van der Waals surface area contributed by atoms with Gasteiger partial charge in [0, 0.05) is 6.42 Å². The van der Waals surface area contributed by atoms with Crippen LogP contribution in [0.1, 0.15) is 19.8 Å². The number of hydrogen-bond acceptors (Lipinski definition) is 4. The van der Waals surface area contributed by atoms with Crippen molar-refractivity contribution >= 4 is 16.7 Å². The van der Waals surface area contributed by atoms with Crippen LogP contribution in [0.2, 0.25) is 0 Å². The summed E-state index contributed by atoms with van der Waals surface area (Å²) in [6.07, 6.45) is 0.985. The molecule has 2 rings (SSSR count). The second kappa shape index (κ2) is 6.80. The normalized spacial score (nSPS) is 10.4. The van der Waals surface area contributed by atoms with Crippen LogP contribution in [0, 0.1) is 0 Å². The lowest BCUT2D eigenvalue weighted by atomic mass is 10.1. The van der Waals surface area contributed by atoms with Gasteiger partial charge >= 0.3 is 5.97 Å². The molecule has 0 atom stereocenters. The van der Waals surface area contributed by atoms with E-state index in [0.29, 0.717) is 26.1 Å². The quantitative estimate of drug-likeness (QED) is 0.649. The molecule has 0 unspecified atom stereocenters. The van der Waals surface area contributed by atoms with Gasteiger partial charge in [0.15, 0.2) is 0 Å². The van der Waals surface area contributed by atoms with E-state index in [2.05, 4.69) is 0 Å². The van der Waals surface area contributed by atoms with Crippen molar-refractivity contribution in [2.75, 3.05) is 13.2 Å². The van der Waals surface area contributed by atoms with Gasteiger partial charge in [-0.3, -0.25) is 4.79 Å².